The molecule has 0 saturated carbocycles. The lowest BCUT2D eigenvalue weighted by molar-refractivity contribution is -0.131. The molecule has 0 aromatic heterocycles. The molecule has 0 aliphatic carbocycles. The first kappa shape index (κ1) is 19.0. The minimum absolute atomic E-state index is 0.00590. The molecule has 0 unspecified atom stereocenters. The highest BCUT2D eigenvalue weighted by Gasteiger charge is 2.24. The Morgan fingerprint density at radius 1 is 1.08 bits per heavy atom. The number of nitrogens with zero attached hydrogens (tertiary/aromatic N) is 2. The smallest absolute Gasteiger partial charge is 0.227 e. The SMILES string of the molecule is CN(C(=O)Cc1ccc(Cl)c(Cl)c1)[C@H](CN1CC=CC1)c1ccccc1. The van der Waals surface area contributed by atoms with E-state index in [0.717, 1.165) is 30.8 Å². The topological polar surface area (TPSA) is 23.6 Å². The lowest BCUT2D eigenvalue weighted by Gasteiger charge is -2.32. The van der Waals surface area contributed by atoms with Gasteiger partial charge in [0.2, 0.25) is 5.91 Å². The zero-order valence-corrected chi connectivity index (χ0v) is 16.2. The minimum atomic E-state index is 0.00590. The maximum Gasteiger partial charge on any atom is 0.227 e. The summed E-state index contributed by atoms with van der Waals surface area (Å²) in [6.07, 6.45) is 4.63. The Morgan fingerprint density at radius 2 is 1.77 bits per heavy atom. The molecular weight excluding hydrogens is 367 g/mol. The number of hydrogen-bond acceptors (Lipinski definition) is 2. The summed E-state index contributed by atoms with van der Waals surface area (Å²) in [6, 6.07) is 15.5. The molecule has 0 N–H and O–H groups in total. The van der Waals surface area contributed by atoms with E-state index in [0.29, 0.717) is 16.5 Å². The zero-order chi connectivity index (χ0) is 18.5. The summed E-state index contributed by atoms with van der Waals surface area (Å²) in [7, 11) is 1.88. The van der Waals surface area contributed by atoms with Crippen LogP contribution in [-0.4, -0.2) is 42.4 Å². The fraction of sp³-hybridized carbons (Fsp3) is 0.286. The molecule has 0 spiro atoms. The van der Waals surface area contributed by atoms with Crippen LogP contribution in [0.3, 0.4) is 0 Å². The van der Waals surface area contributed by atoms with Gasteiger partial charge in [-0.15, -0.1) is 0 Å². The molecule has 3 rings (SSSR count). The third-order valence-electron chi connectivity index (χ3n) is 4.71. The van der Waals surface area contributed by atoms with E-state index in [-0.39, 0.29) is 11.9 Å². The third-order valence-corrected chi connectivity index (χ3v) is 5.45. The van der Waals surface area contributed by atoms with Crippen LogP contribution in [0.2, 0.25) is 10.0 Å². The van der Waals surface area contributed by atoms with E-state index in [2.05, 4.69) is 29.2 Å². The molecular formula is C21H22Cl2N2O. The highest BCUT2D eigenvalue weighted by Crippen LogP contribution is 2.25. The second-order valence-electron chi connectivity index (χ2n) is 6.55. The Bertz CT molecular complexity index is 784. The third kappa shape index (κ3) is 4.67. The molecule has 1 amide bonds. The van der Waals surface area contributed by atoms with Crippen LogP contribution >= 0.6 is 23.2 Å². The lowest BCUT2D eigenvalue weighted by Crippen LogP contribution is -2.39. The standard InChI is InChI=1S/C21H22Cl2N2O/c1-24(21(26)14-16-9-10-18(22)19(23)13-16)20(15-25-11-5-6-12-25)17-7-3-2-4-8-17/h2-10,13,20H,11-12,14-15H2,1H3/t20-/m1/s1. The summed E-state index contributed by atoms with van der Waals surface area (Å²) in [5, 5.41) is 0.974. The van der Waals surface area contributed by atoms with Gasteiger partial charge in [0.25, 0.3) is 0 Å². The summed E-state index contributed by atoms with van der Waals surface area (Å²) in [4.78, 5) is 17.1. The number of rotatable bonds is 6. The van der Waals surface area contributed by atoms with Crippen molar-refractivity contribution in [1.29, 1.82) is 0 Å². The lowest BCUT2D eigenvalue weighted by atomic mass is 10.0. The van der Waals surface area contributed by atoms with Gasteiger partial charge in [-0.1, -0.05) is 71.8 Å². The van der Waals surface area contributed by atoms with Gasteiger partial charge in [0, 0.05) is 26.7 Å². The van der Waals surface area contributed by atoms with Crippen LogP contribution in [0.1, 0.15) is 17.2 Å². The van der Waals surface area contributed by atoms with Gasteiger partial charge in [0.15, 0.2) is 0 Å². The summed E-state index contributed by atoms with van der Waals surface area (Å²) < 4.78 is 0. The normalized spacial score (nSPS) is 15.2. The average molecular weight is 389 g/mol. The number of carbonyl (C=O) groups excluding carboxylic acids is 1. The van der Waals surface area contributed by atoms with Crippen LogP contribution in [0.25, 0.3) is 0 Å². The first-order chi connectivity index (χ1) is 12.5. The van der Waals surface area contributed by atoms with Gasteiger partial charge in [-0.2, -0.15) is 0 Å². The Morgan fingerprint density at radius 3 is 2.42 bits per heavy atom. The Kier molecular flexibility index (Phi) is 6.36. The number of carbonyl (C=O) groups is 1. The first-order valence-electron chi connectivity index (χ1n) is 8.66. The van der Waals surface area contributed by atoms with Gasteiger partial charge >= 0.3 is 0 Å². The molecule has 1 aliphatic heterocycles. The molecule has 0 bridgehead atoms. The largest absolute Gasteiger partial charge is 0.337 e. The average Bonchev–Trinajstić information content (AvgIpc) is 3.16. The van der Waals surface area contributed by atoms with E-state index in [1.54, 1.807) is 12.1 Å². The predicted molar refractivity (Wildman–Crippen MR) is 108 cm³/mol. The molecule has 1 heterocycles. The maximum atomic E-state index is 12.9. The van der Waals surface area contributed by atoms with Crippen molar-refractivity contribution in [2.45, 2.75) is 12.5 Å². The van der Waals surface area contributed by atoms with Crippen molar-refractivity contribution < 1.29 is 4.79 Å². The van der Waals surface area contributed by atoms with Gasteiger partial charge in [-0.3, -0.25) is 9.69 Å². The number of amides is 1. The Labute approximate surface area is 164 Å². The minimum Gasteiger partial charge on any atom is -0.337 e. The van der Waals surface area contributed by atoms with Crippen molar-refractivity contribution in [2.75, 3.05) is 26.7 Å². The fourth-order valence-electron chi connectivity index (χ4n) is 3.16. The van der Waals surface area contributed by atoms with E-state index in [9.17, 15) is 4.79 Å². The van der Waals surface area contributed by atoms with Gasteiger partial charge in [-0.25, -0.2) is 0 Å². The molecule has 3 nitrogen and oxygen atoms in total. The van der Waals surface area contributed by atoms with Gasteiger partial charge in [0.05, 0.1) is 22.5 Å². The van der Waals surface area contributed by atoms with Crippen LogP contribution in [0.4, 0.5) is 0 Å². The summed E-state index contributed by atoms with van der Waals surface area (Å²) in [5.41, 5.74) is 2.01. The molecule has 1 aliphatic rings. The van der Waals surface area contributed by atoms with Crippen molar-refractivity contribution >= 4 is 29.1 Å². The van der Waals surface area contributed by atoms with Crippen molar-refractivity contribution in [2.24, 2.45) is 0 Å². The number of likely N-dealkylation sites (N-methyl/N-ethyl adjacent to an activating group) is 1. The summed E-state index contributed by atoms with van der Waals surface area (Å²) in [6.45, 7) is 2.66. The van der Waals surface area contributed by atoms with Crippen molar-refractivity contribution in [3.8, 4) is 0 Å². The summed E-state index contributed by atoms with van der Waals surface area (Å²) >= 11 is 12.0. The van der Waals surface area contributed by atoms with E-state index in [1.807, 2.05) is 36.2 Å². The molecule has 136 valence electrons. The molecule has 2 aromatic rings. The number of benzene rings is 2. The highest BCUT2D eigenvalue weighted by atomic mass is 35.5. The zero-order valence-electron chi connectivity index (χ0n) is 14.7. The molecule has 2 aromatic carbocycles. The monoisotopic (exact) mass is 388 g/mol. The van der Waals surface area contributed by atoms with Gasteiger partial charge in [0.1, 0.15) is 0 Å². The second-order valence-corrected chi connectivity index (χ2v) is 7.36. The molecule has 1 atom stereocenters. The molecule has 5 heteroatoms. The highest BCUT2D eigenvalue weighted by molar-refractivity contribution is 6.42. The molecule has 26 heavy (non-hydrogen) atoms. The van der Waals surface area contributed by atoms with Crippen LogP contribution in [-0.2, 0) is 11.2 Å². The van der Waals surface area contributed by atoms with Crippen molar-refractivity contribution in [3.63, 3.8) is 0 Å². The quantitative estimate of drug-likeness (QED) is 0.674. The van der Waals surface area contributed by atoms with Gasteiger partial charge < -0.3 is 4.90 Å². The first-order valence-corrected chi connectivity index (χ1v) is 9.42. The van der Waals surface area contributed by atoms with Crippen molar-refractivity contribution in [3.05, 3.63) is 81.9 Å². The number of hydrogen-bond donors (Lipinski definition) is 0. The van der Waals surface area contributed by atoms with Gasteiger partial charge in [-0.05, 0) is 23.3 Å². The van der Waals surface area contributed by atoms with Crippen LogP contribution in [0.15, 0.2) is 60.7 Å². The number of halogens is 2. The Balaban J connectivity index is 1.75. The van der Waals surface area contributed by atoms with Crippen molar-refractivity contribution in [1.82, 2.24) is 9.80 Å². The fourth-order valence-corrected chi connectivity index (χ4v) is 3.49. The summed E-state index contributed by atoms with van der Waals surface area (Å²) in [5.74, 6) is 0.0596. The Hall–Kier alpha value is -1.81. The van der Waals surface area contributed by atoms with E-state index in [1.165, 1.54) is 0 Å². The van der Waals surface area contributed by atoms with E-state index < -0.39 is 0 Å². The molecule has 0 saturated heterocycles. The molecule has 0 radical (unpaired) electrons. The van der Waals surface area contributed by atoms with Crippen LogP contribution in [0, 0.1) is 0 Å². The van der Waals surface area contributed by atoms with Crippen LogP contribution in [0.5, 0.6) is 0 Å². The van der Waals surface area contributed by atoms with Crippen LogP contribution < -0.4 is 0 Å². The maximum absolute atomic E-state index is 12.9. The molecule has 0 fully saturated rings. The van der Waals surface area contributed by atoms with E-state index >= 15 is 0 Å². The second kappa shape index (κ2) is 8.72. The van der Waals surface area contributed by atoms with E-state index in [4.69, 9.17) is 23.2 Å². The predicted octanol–water partition coefficient (Wildman–Crippen LogP) is 4.61.